The van der Waals surface area contributed by atoms with Gasteiger partial charge in [0.15, 0.2) is 11.3 Å². The van der Waals surface area contributed by atoms with Gasteiger partial charge in [-0.3, -0.25) is 4.57 Å². The molecule has 0 aliphatic rings. The second-order valence-electron chi connectivity index (χ2n) is 5.00. The smallest absolute Gasteiger partial charge is 0.446 e. The lowest BCUT2D eigenvalue weighted by molar-refractivity contribution is -0.152. The van der Waals surface area contributed by atoms with Crippen LogP contribution in [-0.4, -0.2) is 18.3 Å². The van der Waals surface area contributed by atoms with Crippen LogP contribution in [0.25, 0.3) is 22.8 Å². The summed E-state index contributed by atoms with van der Waals surface area (Å²) in [6.45, 7) is 1.74. The van der Waals surface area contributed by atoms with Crippen LogP contribution < -0.4 is 5.30 Å². The van der Waals surface area contributed by atoms with E-state index in [0.29, 0.717) is 22.6 Å². The molecule has 5 nitrogen and oxygen atoms in total. The van der Waals surface area contributed by atoms with Crippen molar-refractivity contribution in [2.45, 2.75) is 13.1 Å². The van der Waals surface area contributed by atoms with Crippen molar-refractivity contribution in [1.29, 1.82) is 0 Å². The molecule has 24 heavy (non-hydrogen) atoms. The van der Waals surface area contributed by atoms with Crippen LogP contribution in [-0.2, 0) is 15.3 Å². The minimum atomic E-state index is -4.58. The summed E-state index contributed by atoms with van der Waals surface area (Å²) >= 11 is 0. The number of hydrogen-bond donors (Lipinski definition) is 0. The molecular formula is C15H13F3NO4P. The number of alkyl halides is 3. The van der Waals surface area contributed by atoms with E-state index in [-0.39, 0.29) is 11.7 Å². The zero-order valence-corrected chi connectivity index (χ0v) is 13.6. The number of rotatable bonds is 4. The highest BCUT2D eigenvalue weighted by atomic mass is 31.2. The van der Waals surface area contributed by atoms with Gasteiger partial charge in [-0.1, -0.05) is 6.92 Å². The van der Waals surface area contributed by atoms with Gasteiger partial charge in [-0.25, -0.2) is 4.98 Å². The molecule has 0 aliphatic heterocycles. The topological polar surface area (TPSA) is 65.5 Å². The molecule has 3 aromatic rings. The summed E-state index contributed by atoms with van der Waals surface area (Å²) in [6.07, 6.45) is -4.27. The van der Waals surface area contributed by atoms with Crippen LogP contribution >= 0.6 is 7.37 Å². The molecule has 0 radical (unpaired) electrons. The third-order valence-corrected chi connectivity index (χ3v) is 6.06. The summed E-state index contributed by atoms with van der Waals surface area (Å²) in [7, 11) is -1.61. The van der Waals surface area contributed by atoms with Gasteiger partial charge in [0.2, 0.25) is 13.1 Å². The second kappa shape index (κ2) is 5.79. The highest BCUT2D eigenvalue weighted by Crippen LogP contribution is 2.44. The third-order valence-electron chi connectivity index (χ3n) is 3.57. The van der Waals surface area contributed by atoms with E-state index in [1.54, 1.807) is 25.1 Å². The SMILES string of the molecule is CCP(=O)(OC)c1ccc2oc(-c3ccc(C(F)(F)F)o3)nc2c1. The molecule has 128 valence electrons. The molecule has 0 bridgehead atoms. The quantitative estimate of drug-likeness (QED) is 0.633. The van der Waals surface area contributed by atoms with Gasteiger partial charge in [-0.15, -0.1) is 0 Å². The Kier molecular flexibility index (Phi) is 4.05. The Hall–Kier alpha value is -2.05. The molecule has 0 saturated carbocycles. The molecule has 1 aromatic carbocycles. The summed E-state index contributed by atoms with van der Waals surface area (Å²) < 4.78 is 65.6. The Morgan fingerprint density at radius 2 is 1.96 bits per heavy atom. The molecule has 0 N–H and O–H groups in total. The largest absolute Gasteiger partial charge is 0.449 e. The average Bonchev–Trinajstić information content (AvgIpc) is 3.19. The summed E-state index contributed by atoms with van der Waals surface area (Å²) in [4.78, 5) is 4.12. The molecule has 1 atom stereocenters. The highest BCUT2D eigenvalue weighted by Gasteiger charge is 2.35. The molecule has 2 heterocycles. The Morgan fingerprint density at radius 3 is 2.54 bits per heavy atom. The monoisotopic (exact) mass is 359 g/mol. The molecule has 0 saturated heterocycles. The van der Waals surface area contributed by atoms with E-state index in [1.807, 2.05) is 0 Å². The van der Waals surface area contributed by atoms with Gasteiger partial charge in [-0.2, -0.15) is 13.2 Å². The van der Waals surface area contributed by atoms with E-state index in [0.717, 1.165) is 12.1 Å². The molecule has 0 spiro atoms. The van der Waals surface area contributed by atoms with Crippen LogP contribution in [0.15, 0.2) is 39.2 Å². The van der Waals surface area contributed by atoms with Crippen LogP contribution in [0.5, 0.6) is 0 Å². The van der Waals surface area contributed by atoms with Crippen LogP contribution in [0.1, 0.15) is 12.7 Å². The Bertz CT molecular complexity index is 920. The maximum atomic E-state index is 12.6. The lowest BCUT2D eigenvalue weighted by Crippen LogP contribution is -2.07. The lowest BCUT2D eigenvalue weighted by atomic mass is 10.3. The molecule has 1 unspecified atom stereocenters. The fourth-order valence-corrected chi connectivity index (χ4v) is 3.71. The van der Waals surface area contributed by atoms with Crippen molar-refractivity contribution in [3.05, 3.63) is 36.1 Å². The predicted octanol–water partition coefficient (Wildman–Crippen LogP) is 4.68. The fraction of sp³-hybridized carbons (Fsp3) is 0.267. The van der Waals surface area contributed by atoms with Gasteiger partial charge >= 0.3 is 6.18 Å². The Labute approximate surface area is 134 Å². The molecule has 9 heteroatoms. The van der Waals surface area contributed by atoms with Crippen LogP contribution in [0, 0.1) is 0 Å². The zero-order chi connectivity index (χ0) is 17.5. The normalized spacial score (nSPS) is 14.9. The van der Waals surface area contributed by atoms with Gasteiger partial charge in [0.25, 0.3) is 5.89 Å². The first kappa shape index (κ1) is 16.8. The summed E-state index contributed by atoms with van der Waals surface area (Å²) in [5.41, 5.74) is 0.704. The number of furan rings is 1. The average molecular weight is 359 g/mol. The van der Waals surface area contributed by atoms with Crippen molar-refractivity contribution >= 4 is 23.8 Å². The van der Waals surface area contributed by atoms with Crippen LogP contribution in [0.4, 0.5) is 13.2 Å². The van der Waals surface area contributed by atoms with Crippen molar-refractivity contribution in [3.8, 4) is 11.7 Å². The maximum Gasteiger partial charge on any atom is 0.449 e. The van der Waals surface area contributed by atoms with Crippen LogP contribution in [0.3, 0.4) is 0 Å². The lowest BCUT2D eigenvalue weighted by Gasteiger charge is -2.13. The number of benzene rings is 1. The van der Waals surface area contributed by atoms with Gasteiger partial charge in [0, 0.05) is 18.6 Å². The van der Waals surface area contributed by atoms with Crippen molar-refractivity contribution in [2.75, 3.05) is 13.3 Å². The highest BCUT2D eigenvalue weighted by molar-refractivity contribution is 7.66. The molecule has 3 rings (SSSR count). The zero-order valence-electron chi connectivity index (χ0n) is 12.8. The first-order valence-electron chi connectivity index (χ1n) is 7.00. The summed E-state index contributed by atoms with van der Waals surface area (Å²) in [5, 5.41) is 0.468. The summed E-state index contributed by atoms with van der Waals surface area (Å²) in [6, 6.07) is 6.64. The van der Waals surface area contributed by atoms with E-state index in [4.69, 9.17) is 13.4 Å². The number of halogens is 3. The minimum absolute atomic E-state index is 0.0820. The minimum Gasteiger partial charge on any atom is -0.446 e. The molecular weight excluding hydrogens is 346 g/mol. The van der Waals surface area contributed by atoms with Crippen molar-refractivity contribution in [2.24, 2.45) is 0 Å². The van der Waals surface area contributed by atoms with E-state index >= 15 is 0 Å². The molecule has 2 aromatic heterocycles. The molecule has 0 fully saturated rings. The van der Waals surface area contributed by atoms with Gasteiger partial charge < -0.3 is 13.4 Å². The van der Waals surface area contributed by atoms with Gasteiger partial charge in [0.05, 0.1) is 0 Å². The number of fused-ring (bicyclic) bond motifs is 1. The maximum absolute atomic E-state index is 12.6. The van der Waals surface area contributed by atoms with Crippen molar-refractivity contribution in [3.63, 3.8) is 0 Å². The Morgan fingerprint density at radius 1 is 1.21 bits per heavy atom. The summed E-state index contributed by atoms with van der Waals surface area (Å²) in [5.74, 6) is -1.35. The second-order valence-corrected chi connectivity index (χ2v) is 7.87. The first-order chi connectivity index (χ1) is 11.3. The number of hydrogen-bond acceptors (Lipinski definition) is 5. The van der Waals surface area contributed by atoms with Crippen LogP contribution in [0.2, 0.25) is 0 Å². The van der Waals surface area contributed by atoms with E-state index in [9.17, 15) is 17.7 Å². The predicted molar refractivity (Wildman–Crippen MR) is 81.5 cm³/mol. The van der Waals surface area contributed by atoms with Crippen molar-refractivity contribution < 1.29 is 31.1 Å². The van der Waals surface area contributed by atoms with E-state index in [1.165, 1.54) is 7.11 Å². The standard InChI is InChI=1S/C15H13F3NO4P/c1-3-24(20,21-2)9-4-5-11-10(8-9)19-14(23-11)12-6-7-13(22-12)15(16,17)18/h4-8H,3H2,1-2H3. The number of oxazole rings is 1. The van der Waals surface area contributed by atoms with Gasteiger partial charge in [-0.05, 0) is 30.3 Å². The molecule has 0 aliphatic carbocycles. The third kappa shape index (κ3) is 2.87. The first-order valence-corrected chi connectivity index (χ1v) is 8.81. The van der Waals surface area contributed by atoms with E-state index < -0.39 is 19.3 Å². The Balaban J connectivity index is 2.03. The van der Waals surface area contributed by atoms with Crippen molar-refractivity contribution in [1.82, 2.24) is 4.98 Å². The number of aromatic nitrogens is 1. The fourth-order valence-electron chi connectivity index (χ4n) is 2.26. The van der Waals surface area contributed by atoms with Gasteiger partial charge in [0.1, 0.15) is 5.52 Å². The van der Waals surface area contributed by atoms with E-state index in [2.05, 4.69) is 4.98 Å². The number of nitrogens with zero attached hydrogens (tertiary/aromatic N) is 1. The molecule has 0 amide bonds.